The first-order chi connectivity index (χ1) is 19.7. The van der Waals surface area contributed by atoms with Crippen molar-refractivity contribution in [3.05, 3.63) is 64.1 Å². The van der Waals surface area contributed by atoms with Gasteiger partial charge in [-0.05, 0) is 50.3 Å². The highest BCUT2D eigenvalue weighted by molar-refractivity contribution is 6.00. The maximum atomic E-state index is 14.9. The standard InChI is InChI=1S/C28H32FN7O5/c1-41-23-6-2-5-20(29)26(23)27-21(36(39)40)9-10-24(34-27)33-25-13-22(35-11-3-4-18(37)15-35)19(14-31-25)28(38)32-17-8-7-16(30)12-17/h2,5-6,9-10,13-14,16-18,37H,3-4,7-8,11-12,15,30H2,1H3,(H,32,38)(H,31,33,34)/t16-,17-,18+/m1/s1. The summed E-state index contributed by atoms with van der Waals surface area (Å²) in [6, 6.07) is 8.45. The summed E-state index contributed by atoms with van der Waals surface area (Å²) in [6.45, 7) is 0.993. The van der Waals surface area contributed by atoms with Gasteiger partial charge in [0, 0.05) is 43.5 Å². The average Bonchev–Trinajstić information content (AvgIpc) is 3.36. The SMILES string of the molecule is COc1cccc(F)c1-c1nc(Nc2cc(N3CCC[C@H](O)C3)c(C(=O)N[C@@H]3CC[C@@H](N)C3)cn2)ccc1[N+](=O)[O-]. The fourth-order valence-electron chi connectivity index (χ4n) is 5.42. The average molecular weight is 566 g/mol. The van der Waals surface area contributed by atoms with Crippen molar-refractivity contribution >= 4 is 28.9 Å². The molecule has 0 bridgehead atoms. The van der Waals surface area contributed by atoms with E-state index >= 15 is 0 Å². The quantitative estimate of drug-likeness (QED) is 0.234. The van der Waals surface area contributed by atoms with Gasteiger partial charge in [-0.15, -0.1) is 0 Å². The number of hydrogen-bond donors (Lipinski definition) is 4. The van der Waals surface area contributed by atoms with E-state index in [1.807, 2.05) is 4.90 Å². The van der Waals surface area contributed by atoms with Gasteiger partial charge in [0.25, 0.3) is 11.6 Å². The number of β-amino-alcohol motifs (C(OH)–C–C–N with tert-alkyl or cyclic N) is 1. The second kappa shape index (κ2) is 12.0. The number of hydrogen-bond acceptors (Lipinski definition) is 10. The first-order valence-corrected chi connectivity index (χ1v) is 13.5. The summed E-state index contributed by atoms with van der Waals surface area (Å²) in [5.41, 5.74) is 6.21. The Morgan fingerprint density at radius 3 is 2.78 bits per heavy atom. The molecule has 2 aliphatic rings. The van der Waals surface area contributed by atoms with Crippen LogP contribution in [0.2, 0.25) is 0 Å². The van der Waals surface area contributed by atoms with Gasteiger partial charge in [0.15, 0.2) is 5.69 Å². The van der Waals surface area contributed by atoms with E-state index in [9.17, 15) is 24.4 Å². The summed E-state index contributed by atoms with van der Waals surface area (Å²) in [6.07, 6.45) is 4.70. The van der Waals surface area contributed by atoms with E-state index in [0.29, 0.717) is 43.0 Å². The normalized spacial score (nSPS) is 20.5. The summed E-state index contributed by atoms with van der Waals surface area (Å²) >= 11 is 0. The van der Waals surface area contributed by atoms with E-state index in [4.69, 9.17) is 10.5 Å². The molecule has 0 radical (unpaired) electrons. The lowest BCUT2D eigenvalue weighted by Crippen LogP contribution is -2.40. The number of aliphatic hydroxyl groups is 1. The number of piperidine rings is 1. The van der Waals surface area contributed by atoms with E-state index in [1.54, 1.807) is 6.07 Å². The molecule has 1 aliphatic heterocycles. The number of nitrogens with zero attached hydrogens (tertiary/aromatic N) is 4. The van der Waals surface area contributed by atoms with Crippen molar-refractivity contribution in [2.24, 2.45) is 5.73 Å². The number of nitrogens with one attached hydrogen (secondary N) is 2. The third-order valence-electron chi connectivity index (χ3n) is 7.43. The lowest BCUT2D eigenvalue weighted by Gasteiger charge is -2.33. The van der Waals surface area contributed by atoms with Gasteiger partial charge in [0.05, 0.1) is 35.0 Å². The van der Waals surface area contributed by atoms with Crippen LogP contribution in [0.15, 0.2) is 42.6 Å². The number of aromatic nitrogens is 2. The van der Waals surface area contributed by atoms with Crippen LogP contribution in [-0.2, 0) is 0 Å². The van der Waals surface area contributed by atoms with E-state index in [2.05, 4.69) is 20.6 Å². The Morgan fingerprint density at radius 2 is 2.07 bits per heavy atom. The molecule has 0 unspecified atom stereocenters. The monoisotopic (exact) mass is 565 g/mol. The molecule has 1 saturated carbocycles. The molecule has 12 nitrogen and oxygen atoms in total. The Bertz CT molecular complexity index is 1460. The second-order valence-electron chi connectivity index (χ2n) is 10.3. The van der Waals surface area contributed by atoms with Crippen LogP contribution >= 0.6 is 0 Å². The highest BCUT2D eigenvalue weighted by Gasteiger charge is 2.28. The molecule has 1 aromatic carbocycles. The number of methoxy groups -OCH3 is 1. The minimum Gasteiger partial charge on any atom is -0.496 e. The number of aliphatic hydroxyl groups excluding tert-OH is 1. The molecule has 2 aromatic heterocycles. The van der Waals surface area contributed by atoms with E-state index in [-0.39, 0.29) is 40.8 Å². The molecule has 3 aromatic rings. The highest BCUT2D eigenvalue weighted by atomic mass is 19.1. The van der Waals surface area contributed by atoms with Crippen LogP contribution in [0.3, 0.4) is 0 Å². The molecule has 1 aliphatic carbocycles. The Balaban J connectivity index is 1.49. The van der Waals surface area contributed by atoms with Crippen molar-refractivity contribution in [2.75, 3.05) is 30.4 Å². The summed E-state index contributed by atoms with van der Waals surface area (Å²) < 4.78 is 20.1. The highest BCUT2D eigenvalue weighted by Crippen LogP contribution is 2.38. The summed E-state index contributed by atoms with van der Waals surface area (Å²) in [4.78, 5) is 35.1. The molecule has 1 amide bonds. The fraction of sp³-hybridized carbons (Fsp3) is 0.393. The largest absolute Gasteiger partial charge is 0.496 e. The Morgan fingerprint density at radius 1 is 1.24 bits per heavy atom. The Kier molecular flexibility index (Phi) is 8.26. The van der Waals surface area contributed by atoms with Crippen LogP contribution in [0.4, 0.5) is 27.4 Å². The number of pyridine rings is 2. The van der Waals surface area contributed by atoms with Gasteiger partial charge in [-0.2, -0.15) is 0 Å². The van der Waals surface area contributed by atoms with E-state index in [0.717, 1.165) is 19.3 Å². The number of halogens is 1. The van der Waals surface area contributed by atoms with Gasteiger partial charge < -0.3 is 31.1 Å². The van der Waals surface area contributed by atoms with Crippen LogP contribution < -0.4 is 26.0 Å². The molecule has 3 atom stereocenters. The molecular weight excluding hydrogens is 533 g/mol. The van der Waals surface area contributed by atoms with Crippen molar-refractivity contribution in [1.82, 2.24) is 15.3 Å². The third-order valence-corrected chi connectivity index (χ3v) is 7.43. The molecule has 3 heterocycles. The lowest BCUT2D eigenvalue weighted by atomic mass is 10.1. The molecule has 41 heavy (non-hydrogen) atoms. The third kappa shape index (κ3) is 6.20. The first kappa shape index (κ1) is 28.2. The molecule has 0 spiro atoms. The molecule has 2 fully saturated rings. The minimum atomic E-state index is -0.722. The smallest absolute Gasteiger partial charge is 0.295 e. The molecule has 216 valence electrons. The predicted octanol–water partition coefficient (Wildman–Crippen LogP) is 3.51. The van der Waals surface area contributed by atoms with Crippen LogP contribution in [0.25, 0.3) is 11.3 Å². The number of carbonyl (C=O) groups excluding carboxylic acids is 1. The van der Waals surface area contributed by atoms with Crippen LogP contribution in [-0.4, -0.2) is 64.3 Å². The van der Waals surface area contributed by atoms with Gasteiger partial charge in [0.1, 0.15) is 23.2 Å². The maximum absolute atomic E-state index is 14.9. The molecule has 5 N–H and O–H groups in total. The number of amides is 1. The Hall–Kier alpha value is -4.36. The van der Waals surface area contributed by atoms with Crippen molar-refractivity contribution < 1.29 is 24.0 Å². The second-order valence-corrected chi connectivity index (χ2v) is 10.3. The summed E-state index contributed by atoms with van der Waals surface area (Å²) in [7, 11) is 1.34. The summed E-state index contributed by atoms with van der Waals surface area (Å²) in [5.74, 6) is -0.418. The van der Waals surface area contributed by atoms with Gasteiger partial charge in [-0.1, -0.05) is 6.07 Å². The van der Waals surface area contributed by atoms with Crippen LogP contribution in [0, 0.1) is 15.9 Å². The molecular formula is C28H32FN7O5. The summed E-state index contributed by atoms with van der Waals surface area (Å²) in [5, 5.41) is 28.2. The van der Waals surface area contributed by atoms with Crippen LogP contribution in [0.5, 0.6) is 5.75 Å². The predicted molar refractivity (Wildman–Crippen MR) is 151 cm³/mol. The first-order valence-electron chi connectivity index (χ1n) is 13.5. The number of rotatable bonds is 8. The number of anilines is 3. The fourth-order valence-corrected chi connectivity index (χ4v) is 5.42. The number of nitrogens with two attached hydrogens (primary N) is 1. The van der Waals surface area contributed by atoms with E-state index in [1.165, 1.54) is 43.6 Å². The zero-order chi connectivity index (χ0) is 29.1. The Labute approximate surface area is 235 Å². The molecule has 13 heteroatoms. The van der Waals surface area contributed by atoms with Gasteiger partial charge in [0.2, 0.25) is 0 Å². The zero-order valence-electron chi connectivity index (χ0n) is 22.5. The lowest BCUT2D eigenvalue weighted by molar-refractivity contribution is -0.384. The van der Waals surface area contributed by atoms with Gasteiger partial charge >= 0.3 is 0 Å². The number of benzene rings is 1. The number of nitro groups is 1. The van der Waals surface area contributed by atoms with Gasteiger partial charge in [-0.25, -0.2) is 14.4 Å². The van der Waals surface area contributed by atoms with E-state index < -0.39 is 22.5 Å². The topological polar surface area (TPSA) is 169 Å². The molecule has 5 rings (SSSR count). The van der Waals surface area contributed by atoms with Crippen LogP contribution in [0.1, 0.15) is 42.5 Å². The molecule has 1 saturated heterocycles. The van der Waals surface area contributed by atoms with Crippen molar-refractivity contribution in [1.29, 1.82) is 0 Å². The van der Waals surface area contributed by atoms with Crippen molar-refractivity contribution in [3.63, 3.8) is 0 Å². The zero-order valence-corrected chi connectivity index (χ0v) is 22.5. The minimum absolute atomic E-state index is 0.0202. The number of ether oxygens (including phenoxy) is 1. The van der Waals surface area contributed by atoms with Crippen molar-refractivity contribution in [2.45, 2.75) is 50.3 Å². The number of carbonyl (C=O) groups is 1. The van der Waals surface area contributed by atoms with Gasteiger partial charge in [-0.3, -0.25) is 14.9 Å². The van der Waals surface area contributed by atoms with Crippen molar-refractivity contribution in [3.8, 4) is 17.0 Å². The maximum Gasteiger partial charge on any atom is 0.295 e.